The summed E-state index contributed by atoms with van der Waals surface area (Å²) in [5.41, 5.74) is 0. The van der Waals surface area contributed by atoms with Gasteiger partial charge < -0.3 is 10.4 Å². The standard InChI is InChI=1S/C17H37NO/c1-3-4-5-12-15-18-16-13-10-8-6-7-9-11-14-17(2)19/h17-19H,3-16H2,1-2H3. The van der Waals surface area contributed by atoms with Crippen molar-refractivity contribution in [3.63, 3.8) is 0 Å². The maximum atomic E-state index is 9.14. The maximum Gasteiger partial charge on any atom is 0.0512 e. The zero-order valence-electron chi connectivity index (χ0n) is 13.4. The average molecular weight is 271 g/mol. The molecule has 2 nitrogen and oxygen atoms in total. The van der Waals surface area contributed by atoms with Gasteiger partial charge in [0.05, 0.1) is 6.10 Å². The van der Waals surface area contributed by atoms with Gasteiger partial charge in [0.15, 0.2) is 0 Å². The average Bonchev–Trinajstić information content (AvgIpc) is 2.39. The lowest BCUT2D eigenvalue weighted by molar-refractivity contribution is 0.180. The number of rotatable bonds is 15. The van der Waals surface area contributed by atoms with Crippen LogP contribution in [0.4, 0.5) is 0 Å². The van der Waals surface area contributed by atoms with Gasteiger partial charge in [-0.05, 0) is 39.3 Å². The molecule has 116 valence electrons. The fraction of sp³-hybridized carbons (Fsp3) is 1.00. The van der Waals surface area contributed by atoms with Gasteiger partial charge in [-0.3, -0.25) is 0 Å². The first-order valence-corrected chi connectivity index (χ1v) is 8.66. The summed E-state index contributed by atoms with van der Waals surface area (Å²) in [6.07, 6.45) is 15.6. The van der Waals surface area contributed by atoms with Gasteiger partial charge in [0.2, 0.25) is 0 Å². The Morgan fingerprint density at radius 3 is 1.74 bits per heavy atom. The molecule has 19 heavy (non-hydrogen) atoms. The number of hydrogen-bond acceptors (Lipinski definition) is 2. The van der Waals surface area contributed by atoms with Gasteiger partial charge in [-0.1, -0.05) is 64.7 Å². The van der Waals surface area contributed by atoms with Gasteiger partial charge in [-0.25, -0.2) is 0 Å². The Kier molecular flexibility index (Phi) is 15.9. The van der Waals surface area contributed by atoms with Crippen molar-refractivity contribution in [2.75, 3.05) is 13.1 Å². The molecule has 0 saturated heterocycles. The third-order valence-electron chi connectivity index (χ3n) is 3.68. The van der Waals surface area contributed by atoms with Crippen LogP contribution in [-0.2, 0) is 0 Å². The number of aliphatic hydroxyl groups excluding tert-OH is 1. The highest BCUT2D eigenvalue weighted by Gasteiger charge is 1.96. The van der Waals surface area contributed by atoms with Crippen LogP contribution in [0.15, 0.2) is 0 Å². The van der Waals surface area contributed by atoms with E-state index in [-0.39, 0.29) is 6.10 Å². The van der Waals surface area contributed by atoms with Crippen LogP contribution in [0.5, 0.6) is 0 Å². The van der Waals surface area contributed by atoms with E-state index in [0.29, 0.717) is 0 Å². The minimum atomic E-state index is -0.108. The smallest absolute Gasteiger partial charge is 0.0512 e. The molecule has 0 aliphatic heterocycles. The van der Waals surface area contributed by atoms with E-state index >= 15 is 0 Å². The number of nitrogens with one attached hydrogen (secondary N) is 1. The number of unbranched alkanes of at least 4 members (excludes halogenated alkanes) is 9. The van der Waals surface area contributed by atoms with Gasteiger partial charge in [0.1, 0.15) is 0 Å². The largest absolute Gasteiger partial charge is 0.393 e. The van der Waals surface area contributed by atoms with Crippen LogP contribution in [-0.4, -0.2) is 24.3 Å². The zero-order chi connectivity index (χ0) is 14.2. The first-order valence-electron chi connectivity index (χ1n) is 8.66. The van der Waals surface area contributed by atoms with E-state index < -0.39 is 0 Å². The van der Waals surface area contributed by atoms with Crippen molar-refractivity contribution in [1.29, 1.82) is 0 Å². The Morgan fingerprint density at radius 1 is 0.737 bits per heavy atom. The summed E-state index contributed by atoms with van der Waals surface area (Å²) in [5, 5.41) is 12.7. The van der Waals surface area contributed by atoms with Crippen molar-refractivity contribution in [2.45, 2.75) is 97.0 Å². The Balaban J connectivity index is 2.91. The molecule has 0 saturated carbocycles. The summed E-state index contributed by atoms with van der Waals surface area (Å²) in [4.78, 5) is 0. The third-order valence-corrected chi connectivity index (χ3v) is 3.68. The minimum absolute atomic E-state index is 0.108. The van der Waals surface area contributed by atoms with Crippen LogP contribution in [0.2, 0.25) is 0 Å². The molecule has 0 rings (SSSR count). The van der Waals surface area contributed by atoms with Crippen LogP contribution in [0.3, 0.4) is 0 Å². The maximum absolute atomic E-state index is 9.14. The van der Waals surface area contributed by atoms with Crippen molar-refractivity contribution in [3.8, 4) is 0 Å². The molecule has 0 spiro atoms. The molecule has 0 aliphatic rings. The fourth-order valence-corrected chi connectivity index (χ4v) is 2.38. The first kappa shape index (κ1) is 18.9. The highest BCUT2D eigenvalue weighted by atomic mass is 16.3. The molecule has 0 radical (unpaired) electrons. The van der Waals surface area contributed by atoms with Crippen LogP contribution < -0.4 is 5.32 Å². The molecule has 2 heteroatoms. The van der Waals surface area contributed by atoms with Gasteiger partial charge in [-0.15, -0.1) is 0 Å². The normalized spacial score (nSPS) is 12.8. The van der Waals surface area contributed by atoms with E-state index in [9.17, 15) is 0 Å². The second kappa shape index (κ2) is 16.0. The van der Waals surface area contributed by atoms with E-state index in [0.717, 1.165) is 6.42 Å². The van der Waals surface area contributed by atoms with E-state index in [1.54, 1.807) is 0 Å². The van der Waals surface area contributed by atoms with Gasteiger partial charge >= 0.3 is 0 Å². The Hall–Kier alpha value is -0.0800. The summed E-state index contributed by atoms with van der Waals surface area (Å²) in [7, 11) is 0. The lowest BCUT2D eigenvalue weighted by atomic mass is 10.1. The molecule has 0 heterocycles. The summed E-state index contributed by atoms with van der Waals surface area (Å²) in [6, 6.07) is 0. The second-order valence-electron chi connectivity index (χ2n) is 5.92. The summed E-state index contributed by atoms with van der Waals surface area (Å²) in [5.74, 6) is 0. The van der Waals surface area contributed by atoms with Crippen molar-refractivity contribution >= 4 is 0 Å². The summed E-state index contributed by atoms with van der Waals surface area (Å²) < 4.78 is 0. The van der Waals surface area contributed by atoms with Gasteiger partial charge in [-0.2, -0.15) is 0 Å². The molecule has 1 atom stereocenters. The molecule has 0 bridgehead atoms. The van der Waals surface area contributed by atoms with Crippen molar-refractivity contribution in [2.24, 2.45) is 0 Å². The molecule has 0 fully saturated rings. The molecular formula is C17H37NO. The van der Waals surface area contributed by atoms with Crippen molar-refractivity contribution in [1.82, 2.24) is 5.32 Å². The second-order valence-corrected chi connectivity index (χ2v) is 5.92. The van der Waals surface area contributed by atoms with Crippen molar-refractivity contribution < 1.29 is 5.11 Å². The lowest BCUT2D eigenvalue weighted by Gasteiger charge is -2.05. The van der Waals surface area contributed by atoms with Crippen LogP contribution in [0.1, 0.15) is 90.9 Å². The van der Waals surface area contributed by atoms with E-state index in [1.165, 1.54) is 83.7 Å². The zero-order valence-corrected chi connectivity index (χ0v) is 13.4. The molecule has 0 aromatic carbocycles. The molecule has 0 amide bonds. The van der Waals surface area contributed by atoms with E-state index in [4.69, 9.17) is 5.11 Å². The predicted octanol–water partition coefficient (Wildman–Crippen LogP) is 4.66. The Bertz CT molecular complexity index is 159. The molecule has 0 aliphatic carbocycles. The Labute approximate surface area is 121 Å². The molecule has 0 aromatic heterocycles. The monoisotopic (exact) mass is 271 g/mol. The van der Waals surface area contributed by atoms with Crippen LogP contribution in [0, 0.1) is 0 Å². The molecule has 1 unspecified atom stereocenters. The predicted molar refractivity (Wildman–Crippen MR) is 85.6 cm³/mol. The van der Waals surface area contributed by atoms with Gasteiger partial charge in [0.25, 0.3) is 0 Å². The minimum Gasteiger partial charge on any atom is -0.393 e. The first-order chi connectivity index (χ1) is 9.27. The van der Waals surface area contributed by atoms with E-state index in [1.807, 2.05) is 6.92 Å². The quantitative estimate of drug-likeness (QED) is 0.425. The number of aliphatic hydroxyl groups is 1. The molecular weight excluding hydrogens is 234 g/mol. The van der Waals surface area contributed by atoms with Gasteiger partial charge in [0, 0.05) is 0 Å². The summed E-state index contributed by atoms with van der Waals surface area (Å²) in [6.45, 7) is 6.56. The van der Waals surface area contributed by atoms with Crippen molar-refractivity contribution in [3.05, 3.63) is 0 Å². The Morgan fingerprint density at radius 2 is 1.21 bits per heavy atom. The van der Waals surface area contributed by atoms with Crippen LogP contribution >= 0.6 is 0 Å². The van der Waals surface area contributed by atoms with E-state index in [2.05, 4.69) is 12.2 Å². The van der Waals surface area contributed by atoms with Crippen LogP contribution in [0.25, 0.3) is 0 Å². The topological polar surface area (TPSA) is 32.3 Å². The molecule has 2 N–H and O–H groups in total. The molecule has 0 aromatic rings. The third kappa shape index (κ3) is 17.9. The number of hydrogen-bond donors (Lipinski definition) is 2. The lowest BCUT2D eigenvalue weighted by Crippen LogP contribution is -2.16. The fourth-order valence-electron chi connectivity index (χ4n) is 2.38. The SMILES string of the molecule is CCCCCCNCCCCCCCCCC(C)O. The highest BCUT2D eigenvalue weighted by Crippen LogP contribution is 2.09. The highest BCUT2D eigenvalue weighted by molar-refractivity contribution is 4.52. The summed E-state index contributed by atoms with van der Waals surface area (Å²) >= 11 is 0.